The Kier molecular flexibility index (Phi) is 17.0. The molecule has 0 aromatic heterocycles. The van der Waals surface area contributed by atoms with E-state index in [1.807, 2.05) is 0 Å². The number of rotatable bonds is 11. The smallest absolute Gasteiger partial charge is 0.0569 e. The van der Waals surface area contributed by atoms with Gasteiger partial charge in [-0.05, 0) is 44.4 Å². The first kappa shape index (κ1) is 26.4. The lowest BCUT2D eigenvalue weighted by Crippen LogP contribution is -2.28. The zero-order valence-electron chi connectivity index (χ0n) is 18.6. The van der Waals surface area contributed by atoms with E-state index in [1.165, 1.54) is 5.92 Å². The van der Waals surface area contributed by atoms with E-state index < -0.39 is 0 Å². The highest BCUT2D eigenvalue weighted by Gasteiger charge is 2.36. The van der Waals surface area contributed by atoms with Gasteiger partial charge in [0.05, 0.1) is 5.92 Å². The molecule has 29 heavy (non-hydrogen) atoms. The van der Waals surface area contributed by atoms with Crippen molar-refractivity contribution in [3.8, 4) is 72.1 Å². The highest BCUT2D eigenvalue weighted by atomic mass is 14.4. The van der Waals surface area contributed by atoms with Crippen molar-refractivity contribution in [3.05, 3.63) is 5.92 Å². The van der Waals surface area contributed by atoms with Crippen LogP contribution in [0, 0.1) is 83.4 Å². The molecule has 0 aliphatic rings. The predicted octanol–water partition coefficient (Wildman–Crippen LogP) is 6.57. The van der Waals surface area contributed by atoms with Gasteiger partial charge in [0.15, 0.2) is 0 Å². The molecular weight excluding hydrogens is 348 g/mol. The number of hydrogen-bond donors (Lipinski definition) is 0. The third kappa shape index (κ3) is 12.4. The first-order valence-electron chi connectivity index (χ1n) is 10.8. The van der Waals surface area contributed by atoms with Gasteiger partial charge in [0.1, 0.15) is 0 Å². The highest BCUT2D eigenvalue weighted by Crippen LogP contribution is 2.44. The molecule has 0 saturated heterocycles. The van der Waals surface area contributed by atoms with Gasteiger partial charge < -0.3 is 0 Å². The van der Waals surface area contributed by atoms with E-state index in [2.05, 4.69) is 73.1 Å². The first-order valence-corrected chi connectivity index (χ1v) is 10.8. The summed E-state index contributed by atoms with van der Waals surface area (Å²) in [4.78, 5) is 0. The Morgan fingerprint density at radius 2 is 1.62 bits per heavy atom. The third-order valence-corrected chi connectivity index (χ3v) is 4.71. The van der Waals surface area contributed by atoms with Crippen molar-refractivity contribution in [3.63, 3.8) is 0 Å². The SMILES string of the molecule is C#CCCCCC(CC#C)(CC#CC#CC)[C](C#CCCCC)CCC#CCC. The Labute approximate surface area is 181 Å². The largest absolute Gasteiger partial charge is 0.120 e. The van der Waals surface area contributed by atoms with Crippen LogP contribution in [0.2, 0.25) is 0 Å². The fraction of sp³-hybridized carbons (Fsp3) is 0.552. The molecule has 0 heteroatoms. The van der Waals surface area contributed by atoms with Gasteiger partial charge in [-0.1, -0.05) is 44.5 Å². The van der Waals surface area contributed by atoms with Gasteiger partial charge >= 0.3 is 0 Å². The highest BCUT2D eigenvalue weighted by molar-refractivity contribution is 5.34. The van der Waals surface area contributed by atoms with Crippen LogP contribution >= 0.6 is 0 Å². The molecule has 0 heterocycles. The van der Waals surface area contributed by atoms with Crippen LogP contribution in [-0.2, 0) is 0 Å². The van der Waals surface area contributed by atoms with E-state index in [4.69, 9.17) is 12.8 Å². The van der Waals surface area contributed by atoms with Gasteiger partial charge in [-0.3, -0.25) is 0 Å². The molecule has 0 aromatic carbocycles. The molecule has 0 N–H and O–H groups in total. The molecule has 0 spiro atoms. The molecule has 0 saturated carbocycles. The molecule has 0 aliphatic heterocycles. The Hall–Kier alpha value is -2.64. The van der Waals surface area contributed by atoms with Crippen molar-refractivity contribution in [2.24, 2.45) is 5.41 Å². The van der Waals surface area contributed by atoms with E-state index in [0.29, 0.717) is 12.8 Å². The van der Waals surface area contributed by atoms with Gasteiger partial charge in [0.2, 0.25) is 0 Å². The first-order chi connectivity index (χ1) is 14.2. The number of unbranched alkanes of at least 4 members (excludes halogenated alkanes) is 4. The molecule has 0 bridgehead atoms. The second-order valence-corrected chi connectivity index (χ2v) is 7.02. The van der Waals surface area contributed by atoms with Crippen LogP contribution in [0.15, 0.2) is 0 Å². The van der Waals surface area contributed by atoms with Crippen LogP contribution in [0.3, 0.4) is 0 Å². The van der Waals surface area contributed by atoms with Crippen molar-refractivity contribution >= 4 is 0 Å². The lowest BCUT2D eigenvalue weighted by atomic mass is 9.66. The maximum Gasteiger partial charge on any atom is 0.0569 e. The monoisotopic (exact) mass is 383 g/mol. The van der Waals surface area contributed by atoms with Gasteiger partial charge in [0.25, 0.3) is 0 Å². The third-order valence-electron chi connectivity index (χ3n) is 4.71. The minimum absolute atomic E-state index is 0.209. The van der Waals surface area contributed by atoms with E-state index in [1.54, 1.807) is 6.92 Å². The minimum Gasteiger partial charge on any atom is -0.120 e. The molecule has 151 valence electrons. The van der Waals surface area contributed by atoms with Crippen molar-refractivity contribution in [2.75, 3.05) is 0 Å². The molecule has 1 unspecified atom stereocenters. The second kappa shape index (κ2) is 18.7. The Morgan fingerprint density at radius 1 is 0.793 bits per heavy atom. The van der Waals surface area contributed by atoms with E-state index >= 15 is 0 Å². The molecule has 0 rings (SSSR count). The molecule has 1 radical (unpaired) electrons. The molecule has 0 nitrogen and oxygen atoms in total. The number of hydrogen-bond acceptors (Lipinski definition) is 0. The lowest BCUT2D eigenvalue weighted by Gasteiger charge is -2.35. The maximum absolute atomic E-state index is 5.82. The summed E-state index contributed by atoms with van der Waals surface area (Å²) in [6.45, 7) is 6.05. The Balaban J connectivity index is 5.81. The summed E-state index contributed by atoms with van der Waals surface area (Å²) < 4.78 is 0. The molecular formula is C29H35. The summed E-state index contributed by atoms with van der Waals surface area (Å²) in [5.41, 5.74) is -0.209. The quantitative estimate of drug-likeness (QED) is 0.280. The lowest BCUT2D eigenvalue weighted by molar-refractivity contribution is 0.290. The maximum atomic E-state index is 5.82. The van der Waals surface area contributed by atoms with Crippen LogP contribution in [0.4, 0.5) is 0 Å². The van der Waals surface area contributed by atoms with Crippen LogP contribution in [-0.4, -0.2) is 0 Å². The minimum atomic E-state index is -0.209. The summed E-state index contributed by atoms with van der Waals surface area (Å²) in [5.74, 6) is 32.0. The van der Waals surface area contributed by atoms with Crippen molar-refractivity contribution < 1.29 is 0 Å². The zero-order valence-corrected chi connectivity index (χ0v) is 18.6. The van der Waals surface area contributed by atoms with Crippen LogP contribution in [0.1, 0.15) is 97.8 Å². The summed E-state index contributed by atoms with van der Waals surface area (Å²) >= 11 is 0. The fourth-order valence-corrected chi connectivity index (χ4v) is 3.10. The zero-order chi connectivity index (χ0) is 21.6. The standard InChI is InChI=1S/C29H35/c1-6-11-15-19-23-28(24-20-16-12-7-2)29(25-10-5,26-21-17-13-8-3)27-22-18-14-9-4/h3,5H,6-7,11,13,15,17,20-21,24-27H2,1-2,4H3. The second-order valence-electron chi connectivity index (χ2n) is 7.02. The van der Waals surface area contributed by atoms with Gasteiger partial charge in [0, 0.05) is 43.9 Å². The van der Waals surface area contributed by atoms with Gasteiger partial charge in [-0.25, -0.2) is 0 Å². The topological polar surface area (TPSA) is 0 Å². The van der Waals surface area contributed by atoms with E-state index in [-0.39, 0.29) is 5.41 Å². The molecule has 0 aliphatic carbocycles. The summed E-state index contributed by atoms with van der Waals surface area (Å²) in [6, 6.07) is 0. The molecule has 0 aromatic rings. The Bertz CT molecular complexity index is 767. The normalized spacial score (nSPS) is 11.0. The summed E-state index contributed by atoms with van der Waals surface area (Å²) in [7, 11) is 0. The van der Waals surface area contributed by atoms with Gasteiger partial charge in [-0.2, -0.15) is 0 Å². The van der Waals surface area contributed by atoms with Crippen LogP contribution in [0.25, 0.3) is 0 Å². The van der Waals surface area contributed by atoms with E-state index in [0.717, 1.165) is 64.2 Å². The molecule has 0 amide bonds. The average Bonchev–Trinajstić information content (AvgIpc) is 2.73. The van der Waals surface area contributed by atoms with E-state index in [9.17, 15) is 0 Å². The van der Waals surface area contributed by atoms with Crippen molar-refractivity contribution in [2.45, 2.75) is 97.8 Å². The molecule has 0 fully saturated rings. The van der Waals surface area contributed by atoms with Crippen LogP contribution in [0.5, 0.6) is 0 Å². The van der Waals surface area contributed by atoms with Crippen LogP contribution < -0.4 is 0 Å². The fourth-order valence-electron chi connectivity index (χ4n) is 3.10. The Morgan fingerprint density at radius 3 is 2.28 bits per heavy atom. The average molecular weight is 384 g/mol. The summed E-state index contributed by atoms with van der Waals surface area (Å²) in [5, 5.41) is 0. The van der Waals surface area contributed by atoms with Crippen molar-refractivity contribution in [1.82, 2.24) is 0 Å². The van der Waals surface area contributed by atoms with Gasteiger partial charge in [-0.15, -0.1) is 42.4 Å². The molecule has 1 atom stereocenters. The summed E-state index contributed by atoms with van der Waals surface area (Å²) in [6.07, 6.45) is 22.0. The van der Waals surface area contributed by atoms with Crippen molar-refractivity contribution in [1.29, 1.82) is 0 Å². The number of terminal acetylenes is 2. The predicted molar refractivity (Wildman–Crippen MR) is 127 cm³/mol.